The lowest BCUT2D eigenvalue weighted by atomic mass is 10.2. The minimum Gasteiger partial charge on any atom is -0.399 e. The zero-order valence-electron chi connectivity index (χ0n) is 8.70. The quantitative estimate of drug-likeness (QED) is 0.726. The molecule has 76 valence electrons. The van der Waals surface area contributed by atoms with Crippen LogP contribution in [0.4, 0.5) is 17.1 Å². The van der Waals surface area contributed by atoms with E-state index in [1.807, 2.05) is 36.4 Å². The Morgan fingerprint density at radius 2 is 1.60 bits per heavy atom. The average Bonchev–Trinajstić information content (AvgIpc) is 2.17. The second-order valence-electron chi connectivity index (χ2n) is 3.62. The molecule has 0 aliphatic heterocycles. The normalized spacial score (nSPS) is 9.93. The minimum absolute atomic E-state index is 0.771. The Morgan fingerprint density at radius 1 is 0.933 bits per heavy atom. The molecule has 2 rings (SSSR count). The smallest absolute Gasteiger partial charge is 0.0404 e. The summed E-state index contributed by atoms with van der Waals surface area (Å²) in [6.45, 7) is 2.07. The summed E-state index contributed by atoms with van der Waals surface area (Å²) in [6.07, 6.45) is 0. The van der Waals surface area contributed by atoms with Crippen LogP contribution >= 0.6 is 0 Å². The number of rotatable bonds is 2. The number of anilines is 3. The number of hydrogen-bond donors (Lipinski definition) is 2. The van der Waals surface area contributed by atoms with Crippen molar-refractivity contribution in [2.45, 2.75) is 6.92 Å². The predicted molar refractivity (Wildman–Crippen MR) is 65.3 cm³/mol. The van der Waals surface area contributed by atoms with Crippen molar-refractivity contribution in [3.8, 4) is 0 Å². The van der Waals surface area contributed by atoms with Gasteiger partial charge in [0.15, 0.2) is 0 Å². The van der Waals surface area contributed by atoms with Crippen LogP contribution in [0.1, 0.15) is 5.56 Å². The fourth-order valence-corrected chi connectivity index (χ4v) is 1.51. The Hall–Kier alpha value is -1.96. The van der Waals surface area contributed by atoms with E-state index in [4.69, 9.17) is 5.73 Å². The van der Waals surface area contributed by atoms with E-state index >= 15 is 0 Å². The van der Waals surface area contributed by atoms with Gasteiger partial charge in [-0.05, 0) is 42.8 Å². The summed E-state index contributed by atoms with van der Waals surface area (Å²) in [7, 11) is 0. The van der Waals surface area contributed by atoms with Gasteiger partial charge in [0.25, 0.3) is 0 Å². The van der Waals surface area contributed by atoms with E-state index in [1.165, 1.54) is 5.56 Å². The van der Waals surface area contributed by atoms with Gasteiger partial charge in [-0.1, -0.05) is 18.2 Å². The molecule has 0 heterocycles. The largest absolute Gasteiger partial charge is 0.399 e. The number of benzene rings is 2. The fraction of sp³-hybridized carbons (Fsp3) is 0.0769. The van der Waals surface area contributed by atoms with Crippen molar-refractivity contribution in [2.75, 3.05) is 11.1 Å². The van der Waals surface area contributed by atoms with Crippen molar-refractivity contribution >= 4 is 17.1 Å². The Balaban J connectivity index is 2.22. The number of nitrogens with one attached hydrogen (secondary N) is 1. The molecule has 2 heteroatoms. The third-order valence-electron chi connectivity index (χ3n) is 2.19. The average molecular weight is 198 g/mol. The number of hydrogen-bond acceptors (Lipinski definition) is 2. The first-order valence-corrected chi connectivity index (χ1v) is 4.93. The van der Waals surface area contributed by atoms with E-state index in [1.54, 1.807) is 0 Å². The van der Waals surface area contributed by atoms with Crippen LogP contribution in [-0.2, 0) is 0 Å². The maximum atomic E-state index is 5.70. The van der Waals surface area contributed by atoms with Gasteiger partial charge in [0, 0.05) is 17.1 Å². The lowest BCUT2D eigenvalue weighted by Gasteiger charge is -2.07. The molecule has 0 amide bonds. The molecule has 0 aliphatic rings. The summed E-state index contributed by atoms with van der Waals surface area (Å²) < 4.78 is 0. The third-order valence-corrected chi connectivity index (χ3v) is 2.19. The molecule has 0 saturated carbocycles. The molecule has 0 atom stereocenters. The minimum atomic E-state index is 0.771. The third kappa shape index (κ3) is 2.50. The molecule has 0 spiro atoms. The van der Waals surface area contributed by atoms with Crippen LogP contribution in [0.5, 0.6) is 0 Å². The second-order valence-corrected chi connectivity index (χ2v) is 3.62. The van der Waals surface area contributed by atoms with Gasteiger partial charge in [-0.25, -0.2) is 0 Å². The Bertz CT molecular complexity index is 420. The fourth-order valence-electron chi connectivity index (χ4n) is 1.51. The van der Waals surface area contributed by atoms with E-state index in [0.29, 0.717) is 0 Å². The van der Waals surface area contributed by atoms with Gasteiger partial charge in [-0.3, -0.25) is 0 Å². The van der Waals surface area contributed by atoms with Crippen molar-refractivity contribution < 1.29 is 0 Å². The maximum absolute atomic E-state index is 5.70. The number of aryl methyl sites for hydroxylation is 1. The highest BCUT2D eigenvalue weighted by Crippen LogP contribution is 2.19. The first-order valence-electron chi connectivity index (χ1n) is 4.93. The first-order chi connectivity index (χ1) is 7.24. The summed E-state index contributed by atoms with van der Waals surface area (Å²) >= 11 is 0. The molecule has 2 aromatic rings. The molecule has 0 unspecified atom stereocenters. The highest BCUT2D eigenvalue weighted by atomic mass is 14.9. The van der Waals surface area contributed by atoms with E-state index in [-0.39, 0.29) is 0 Å². The highest BCUT2D eigenvalue weighted by molar-refractivity contribution is 5.63. The molecule has 0 radical (unpaired) electrons. The standard InChI is InChI=1S/C13H14N2/c1-10-4-2-6-12(8-10)15-13-7-3-5-11(14)9-13/h2-9,15H,14H2,1H3. The van der Waals surface area contributed by atoms with Crippen LogP contribution in [0.3, 0.4) is 0 Å². The maximum Gasteiger partial charge on any atom is 0.0404 e. The van der Waals surface area contributed by atoms with Crippen molar-refractivity contribution in [3.05, 3.63) is 54.1 Å². The number of nitrogen functional groups attached to an aromatic ring is 1. The molecule has 0 aliphatic carbocycles. The summed E-state index contributed by atoms with van der Waals surface area (Å²) in [5, 5.41) is 3.31. The van der Waals surface area contributed by atoms with Crippen LogP contribution in [-0.4, -0.2) is 0 Å². The summed E-state index contributed by atoms with van der Waals surface area (Å²) in [5.74, 6) is 0. The summed E-state index contributed by atoms with van der Waals surface area (Å²) in [6, 6.07) is 16.0. The van der Waals surface area contributed by atoms with Gasteiger partial charge in [0.1, 0.15) is 0 Å². The van der Waals surface area contributed by atoms with Gasteiger partial charge < -0.3 is 11.1 Å². The van der Waals surface area contributed by atoms with Gasteiger partial charge in [-0.2, -0.15) is 0 Å². The van der Waals surface area contributed by atoms with Crippen LogP contribution in [0.2, 0.25) is 0 Å². The zero-order valence-corrected chi connectivity index (χ0v) is 8.70. The Labute approximate surface area is 89.7 Å². The van der Waals surface area contributed by atoms with Gasteiger partial charge in [-0.15, -0.1) is 0 Å². The van der Waals surface area contributed by atoms with E-state index < -0.39 is 0 Å². The van der Waals surface area contributed by atoms with E-state index in [9.17, 15) is 0 Å². The van der Waals surface area contributed by atoms with Gasteiger partial charge in [0.05, 0.1) is 0 Å². The molecule has 0 saturated heterocycles. The summed E-state index contributed by atoms with van der Waals surface area (Å²) in [4.78, 5) is 0. The Morgan fingerprint density at radius 3 is 2.27 bits per heavy atom. The Kier molecular flexibility index (Phi) is 2.59. The molecule has 0 bridgehead atoms. The van der Waals surface area contributed by atoms with Crippen molar-refractivity contribution in [3.63, 3.8) is 0 Å². The lowest BCUT2D eigenvalue weighted by Crippen LogP contribution is -1.92. The summed E-state index contributed by atoms with van der Waals surface area (Å²) in [5.41, 5.74) is 9.81. The lowest BCUT2D eigenvalue weighted by molar-refractivity contribution is 1.45. The topological polar surface area (TPSA) is 38.0 Å². The number of nitrogens with two attached hydrogens (primary N) is 1. The molecule has 2 aromatic carbocycles. The molecule has 3 N–H and O–H groups in total. The van der Waals surface area contributed by atoms with E-state index in [0.717, 1.165) is 17.1 Å². The van der Waals surface area contributed by atoms with Crippen LogP contribution in [0.15, 0.2) is 48.5 Å². The molecule has 15 heavy (non-hydrogen) atoms. The van der Waals surface area contributed by atoms with Crippen molar-refractivity contribution in [1.29, 1.82) is 0 Å². The highest BCUT2D eigenvalue weighted by Gasteiger charge is 1.94. The van der Waals surface area contributed by atoms with Crippen LogP contribution in [0.25, 0.3) is 0 Å². The molecular weight excluding hydrogens is 184 g/mol. The molecular formula is C13H14N2. The van der Waals surface area contributed by atoms with Crippen LogP contribution < -0.4 is 11.1 Å². The second kappa shape index (κ2) is 4.05. The molecule has 2 nitrogen and oxygen atoms in total. The van der Waals surface area contributed by atoms with Crippen molar-refractivity contribution in [1.82, 2.24) is 0 Å². The van der Waals surface area contributed by atoms with Gasteiger partial charge in [0.2, 0.25) is 0 Å². The van der Waals surface area contributed by atoms with E-state index in [2.05, 4.69) is 24.4 Å². The predicted octanol–water partition coefficient (Wildman–Crippen LogP) is 3.32. The SMILES string of the molecule is Cc1cccc(Nc2cccc(N)c2)c1. The zero-order chi connectivity index (χ0) is 10.7. The molecule has 0 fully saturated rings. The molecule has 0 aromatic heterocycles. The first kappa shape index (κ1) is 9.59. The van der Waals surface area contributed by atoms with Crippen molar-refractivity contribution in [2.24, 2.45) is 0 Å². The monoisotopic (exact) mass is 198 g/mol. The van der Waals surface area contributed by atoms with Crippen LogP contribution in [0, 0.1) is 6.92 Å². The van der Waals surface area contributed by atoms with Gasteiger partial charge >= 0.3 is 0 Å².